The molecule has 21 heavy (non-hydrogen) atoms. The number of hydrogen-bond donors (Lipinski definition) is 0. The maximum absolute atomic E-state index is 12.0. The van der Waals surface area contributed by atoms with Gasteiger partial charge in [-0.25, -0.2) is 14.2 Å². The summed E-state index contributed by atoms with van der Waals surface area (Å²) in [5.74, 6) is -0.239. The highest BCUT2D eigenvalue weighted by molar-refractivity contribution is 5.99. The Balaban J connectivity index is 1.97. The molecule has 0 bridgehead atoms. The number of aryl methyl sites for hydroxylation is 1. The molecule has 0 radical (unpaired) electrons. The van der Waals surface area contributed by atoms with Crippen LogP contribution in [0.15, 0.2) is 11.1 Å². The second kappa shape index (κ2) is 7.04. The zero-order chi connectivity index (χ0) is 15.2. The van der Waals surface area contributed by atoms with Crippen molar-refractivity contribution >= 4 is 11.4 Å². The average molecular weight is 295 g/mol. The zero-order valence-corrected chi connectivity index (χ0v) is 12.0. The number of carbonyl (C=O) groups is 1. The predicted molar refractivity (Wildman–Crippen MR) is 72.3 cm³/mol. The number of imidazole rings is 1. The topological polar surface area (TPSA) is 101 Å². The highest BCUT2D eigenvalue weighted by Crippen LogP contribution is 2.06. The van der Waals surface area contributed by atoms with E-state index in [1.54, 1.807) is 0 Å². The Morgan fingerprint density at radius 1 is 1.29 bits per heavy atom. The molecule has 0 aliphatic carbocycles. The van der Waals surface area contributed by atoms with Crippen molar-refractivity contribution in [3.05, 3.63) is 22.5 Å². The first-order chi connectivity index (χ1) is 10.1. The summed E-state index contributed by atoms with van der Waals surface area (Å²) in [6.07, 6.45) is 1.44. The van der Waals surface area contributed by atoms with Crippen LogP contribution >= 0.6 is 0 Å². The van der Waals surface area contributed by atoms with Gasteiger partial charge in [0, 0.05) is 20.1 Å². The summed E-state index contributed by atoms with van der Waals surface area (Å²) in [4.78, 5) is 27.7. The molecule has 2 aromatic heterocycles. The number of rotatable bonds is 8. The van der Waals surface area contributed by atoms with E-state index in [1.807, 2.05) is 6.92 Å². The van der Waals surface area contributed by atoms with Gasteiger partial charge >= 0.3 is 5.69 Å². The summed E-state index contributed by atoms with van der Waals surface area (Å²) in [5.41, 5.74) is -0.106. The van der Waals surface area contributed by atoms with Gasteiger partial charge in [-0.3, -0.25) is 4.79 Å². The number of fused-ring (bicyclic) bond motifs is 1. The minimum absolute atomic E-state index is 0.133. The highest BCUT2D eigenvalue weighted by Gasteiger charge is 2.16. The lowest BCUT2D eigenvalue weighted by Crippen LogP contribution is -2.27. The van der Waals surface area contributed by atoms with Crippen molar-refractivity contribution in [1.82, 2.24) is 24.4 Å². The first kappa shape index (κ1) is 15.3. The number of hydrogen-bond acceptors (Lipinski definition) is 7. The number of ketones is 1. The minimum atomic E-state index is -0.403. The summed E-state index contributed by atoms with van der Waals surface area (Å²) in [7, 11) is 1.47. The molecule has 0 spiro atoms. The van der Waals surface area contributed by atoms with Crippen LogP contribution in [-0.4, -0.2) is 56.6 Å². The molecule has 0 aliphatic rings. The third-order valence-electron chi connectivity index (χ3n) is 2.81. The van der Waals surface area contributed by atoms with Crippen LogP contribution in [0, 0.1) is 0 Å². The second-order valence-electron chi connectivity index (χ2n) is 4.26. The smallest absolute Gasteiger partial charge is 0.352 e. The van der Waals surface area contributed by atoms with Crippen LogP contribution in [0.1, 0.15) is 23.8 Å². The molecule has 0 unspecified atom stereocenters. The van der Waals surface area contributed by atoms with Crippen LogP contribution in [0.5, 0.6) is 0 Å². The van der Waals surface area contributed by atoms with E-state index in [4.69, 9.17) is 9.47 Å². The first-order valence-corrected chi connectivity index (χ1v) is 6.61. The Kier molecular flexibility index (Phi) is 5.12. The monoisotopic (exact) mass is 295 g/mol. The third kappa shape index (κ3) is 3.50. The summed E-state index contributed by atoms with van der Waals surface area (Å²) < 4.78 is 12.7. The van der Waals surface area contributed by atoms with E-state index < -0.39 is 5.69 Å². The van der Waals surface area contributed by atoms with E-state index in [1.165, 1.54) is 17.8 Å². The van der Waals surface area contributed by atoms with Gasteiger partial charge in [0.25, 0.3) is 0 Å². The number of nitrogens with zero attached hydrogens (tertiary/aromatic N) is 5. The molecule has 0 atom stereocenters. The van der Waals surface area contributed by atoms with Crippen molar-refractivity contribution in [3.63, 3.8) is 0 Å². The van der Waals surface area contributed by atoms with Crippen LogP contribution in [0.3, 0.4) is 0 Å². The maximum atomic E-state index is 12.0. The lowest BCUT2D eigenvalue weighted by molar-refractivity contribution is 0.0499. The standard InChI is InChI=1S/C12H17N5O4/c1-3-20-6-7-21-5-4-9(18)10-11-14-15-16(2)12(19)17(11)8-13-10/h8H,3-7H2,1-2H3. The van der Waals surface area contributed by atoms with Crippen LogP contribution in [0.2, 0.25) is 0 Å². The predicted octanol–water partition coefficient (Wildman–Crippen LogP) is -0.551. The normalized spacial score (nSPS) is 11.1. The number of Topliss-reactive ketones (excluding diaryl/α,β-unsaturated/α-hetero) is 1. The van der Waals surface area contributed by atoms with Gasteiger partial charge in [-0.1, -0.05) is 5.21 Å². The van der Waals surface area contributed by atoms with E-state index in [0.717, 1.165) is 4.68 Å². The second-order valence-corrected chi connectivity index (χ2v) is 4.26. The van der Waals surface area contributed by atoms with E-state index >= 15 is 0 Å². The summed E-state index contributed by atoms with van der Waals surface area (Å²) in [5, 5.41) is 7.47. The molecule has 9 heteroatoms. The Bertz CT molecular complexity index is 678. The summed E-state index contributed by atoms with van der Waals surface area (Å²) in [6.45, 7) is 3.74. The highest BCUT2D eigenvalue weighted by atomic mass is 16.5. The van der Waals surface area contributed by atoms with Crippen molar-refractivity contribution < 1.29 is 14.3 Å². The molecule has 2 heterocycles. The van der Waals surface area contributed by atoms with Crippen LogP contribution in [-0.2, 0) is 16.5 Å². The molecule has 0 amide bonds. The zero-order valence-electron chi connectivity index (χ0n) is 12.0. The fourth-order valence-electron chi connectivity index (χ4n) is 1.73. The molecule has 2 rings (SSSR count). The van der Waals surface area contributed by atoms with Gasteiger partial charge in [-0.2, -0.15) is 4.68 Å². The SMILES string of the molecule is CCOCCOCCC(=O)c1ncn2c(=O)n(C)nnc12. The van der Waals surface area contributed by atoms with Crippen LogP contribution in [0.4, 0.5) is 0 Å². The van der Waals surface area contributed by atoms with Gasteiger partial charge in [-0.15, -0.1) is 5.10 Å². The van der Waals surface area contributed by atoms with Gasteiger partial charge < -0.3 is 9.47 Å². The fraction of sp³-hybridized carbons (Fsp3) is 0.583. The largest absolute Gasteiger partial charge is 0.379 e. The van der Waals surface area contributed by atoms with Crippen molar-refractivity contribution in [1.29, 1.82) is 0 Å². The molecule has 0 aliphatic heterocycles. The summed E-state index contributed by atoms with van der Waals surface area (Å²) in [6, 6.07) is 0. The number of carbonyl (C=O) groups excluding carboxylic acids is 1. The van der Waals surface area contributed by atoms with Crippen molar-refractivity contribution in [3.8, 4) is 0 Å². The van der Waals surface area contributed by atoms with E-state index in [2.05, 4.69) is 15.3 Å². The van der Waals surface area contributed by atoms with Gasteiger partial charge in [0.1, 0.15) is 6.33 Å². The molecular formula is C12H17N5O4. The first-order valence-electron chi connectivity index (χ1n) is 6.61. The Morgan fingerprint density at radius 2 is 2.05 bits per heavy atom. The molecule has 0 fully saturated rings. The maximum Gasteiger partial charge on any atom is 0.352 e. The van der Waals surface area contributed by atoms with Crippen molar-refractivity contribution in [2.75, 3.05) is 26.4 Å². The van der Waals surface area contributed by atoms with E-state index in [-0.39, 0.29) is 30.2 Å². The van der Waals surface area contributed by atoms with Gasteiger partial charge in [0.05, 0.1) is 19.8 Å². The number of aromatic nitrogens is 5. The molecule has 2 aromatic rings. The minimum Gasteiger partial charge on any atom is -0.379 e. The molecule has 0 saturated heterocycles. The molecule has 0 saturated carbocycles. The van der Waals surface area contributed by atoms with E-state index in [9.17, 15) is 9.59 Å². The Labute approximate surface area is 120 Å². The van der Waals surface area contributed by atoms with Gasteiger partial charge in [-0.05, 0) is 6.92 Å². The van der Waals surface area contributed by atoms with Gasteiger partial charge in [0.2, 0.25) is 0 Å². The molecular weight excluding hydrogens is 278 g/mol. The lowest BCUT2D eigenvalue weighted by atomic mass is 10.2. The van der Waals surface area contributed by atoms with Crippen LogP contribution < -0.4 is 5.69 Å². The van der Waals surface area contributed by atoms with Gasteiger partial charge in [0.15, 0.2) is 17.1 Å². The molecule has 9 nitrogen and oxygen atoms in total. The molecule has 0 aromatic carbocycles. The van der Waals surface area contributed by atoms with E-state index in [0.29, 0.717) is 19.8 Å². The average Bonchev–Trinajstić information content (AvgIpc) is 2.91. The fourth-order valence-corrected chi connectivity index (χ4v) is 1.73. The molecule has 0 N–H and O–H groups in total. The lowest BCUT2D eigenvalue weighted by Gasteiger charge is -2.03. The molecule has 114 valence electrons. The van der Waals surface area contributed by atoms with Crippen molar-refractivity contribution in [2.24, 2.45) is 7.05 Å². The van der Waals surface area contributed by atoms with Crippen LogP contribution in [0.25, 0.3) is 5.65 Å². The quantitative estimate of drug-likeness (QED) is 0.475. The van der Waals surface area contributed by atoms with Crippen molar-refractivity contribution in [2.45, 2.75) is 13.3 Å². The Morgan fingerprint density at radius 3 is 2.81 bits per heavy atom. The Hall–Kier alpha value is -2.13. The third-order valence-corrected chi connectivity index (χ3v) is 2.81. The summed E-state index contributed by atoms with van der Waals surface area (Å²) >= 11 is 0. The number of ether oxygens (including phenoxy) is 2.